The Kier molecular flexibility index (Phi) is 9.06. The molecule has 3 N–H and O–H groups in total. The zero-order chi connectivity index (χ0) is 26.6. The van der Waals surface area contributed by atoms with E-state index in [2.05, 4.69) is 48.2 Å². The predicted octanol–water partition coefficient (Wildman–Crippen LogP) is 4.80. The van der Waals surface area contributed by atoms with Crippen LogP contribution in [0.3, 0.4) is 0 Å². The Hall–Kier alpha value is -2.26. The lowest BCUT2D eigenvalue weighted by atomic mass is 9.72. The van der Waals surface area contributed by atoms with Gasteiger partial charge in [-0.25, -0.2) is 4.98 Å². The van der Waals surface area contributed by atoms with Crippen LogP contribution in [0.1, 0.15) is 70.0 Å². The number of nitrogens with one attached hydrogen (secondary N) is 2. The van der Waals surface area contributed by atoms with E-state index in [1.54, 1.807) is 24.3 Å². The fraction of sp³-hybridized carbons (Fsp3) is 0.586. The molecule has 1 aliphatic heterocycles. The summed E-state index contributed by atoms with van der Waals surface area (Å²) in [6.45, 7) is 10.3. The van der Waals surface area contributed by atoms with E-state index in [9.17, 15) is 9.90 Å². The van der Waals surface area contributed by atoms with E-state index in [-0.39, 0.29) is 17.6 Å². The number of ether oxygens (including phenoxy) is 2. The molecule has 202 valence electrons. The highest BCUT2D eigenvalue weighted by Gasteiger charge is 2.46. The second kappa shape index (κ2) is 12.1. The Balaban J connectivity index is 1.61. The van der Waals surface area contributed by atoms with Crippen LogP contribution in [-0.2, 0) is 16.0 Å². The predicted molar refractivity (Wildman–Crippen MR) is 148 cm³/mol. The highest BCUT2D eigenvalue weighted by atomic mass is 32.1. The summed E-state index contributed by atoms with van der Waals surface area (Å²) in [5.74, 6) is 1.20. The van der Waals surface area contributed by atoms with Gasteiger partial charge in [-0.15, -0.1) is 17.9 Å². The molecule has 0 unspecified atom stereocenters. The van der Waals surface area contributed by atoms with E-state index in [1.807, 2.05) is 11.6 Å². The third kappa shape index (κ3) is 6.42. The van der Waals surface area contributed by atoms with Gasteiger partial charge in [-0.1, -0.05) is 26.0 Å². The molecular formula is C29H41N3O4S. The normalized spacial score (nSPS) is 20.4. The van der Waals surface area contributed by atoms with Gasteiger partial charge in [-0.2, -0.15) is 0 Å². The number of nitrogens with zero attached hydrogens (tertiary/aromatic N) is 1. The largest absolute Gasteiger partial charge is 0.486 e. The molecule has 1 saturated carbocycles. The molecule has 7 nitrogen and oxygen atoms in total. The molecule has 0 bridgehead atoms. The number of aliphatic hydroxyl groups excluding tert-OH is 1. The van der Waals surface area contributed by atoms with E-state index < -0.39 is 18.2 Å². The Morgan fingerprint density at radius 1 is 1.38 bits per heavy atom. The van der Waals surface area contributed by atoms with Gasteiger partial charge in [0.05, 0.1) is 17.7 Å². The Bertz CT molecular complexity index is 1070. The third-order valence-corrected chi connectivity index (χ3v) is 8.33. The van der Waals surface area contributed by atoms with Crippen LogP contribution in [0.4, 0.5) is 0 Å². The lowest BCUT2D eigenvalue weighted by Crippen LogP contribution is -2.52. The summed E-state index contributed by atoms with van der Waals surface area (Å²) in [4.78, 5) is 17.0. The highest BCUT2D eigenvalue weighted by molar-refractivity contribution is 7.13. The number of hydrogen-bond donors (Lipinski definition) is 3. The first-order valence-corrected chi connectivity index (χ1v) is 14.2. The molecule has 1 aromatic carbocycles. The minimum atomic E-state index is -0.785. The number of hydrogen-bond acceptors (Lipinski definition) is 7. The molecule has 1 aromatic heterocycles. The fourth-order valence-electron chi connectivity index (χ4n) is 5.29. The van der Waals surface area contributed by atoms with Crippen molar-refractivity contribution in [1.82, 2.24) is 15.6 Å². The van der Waals surface area contributed by atoms with Gasteiger partial charge in [0.2, 0.25) is 5.91 Å². The van der Waals surface area contributed by atoms with Crippen LogP contribution in [-0.4, -0.2) is 53.5 Å². The fourth-order valence-corrected chi connectivity index (χ4v) is 5.95. The molecule has 0 radical (unpaired) electrons. The third-order valence-electron chi connectivity index (χ3n) is 7.53. The van der Waals surface area contributed by atoms with Crippen molar-refractivity contribution in [2.75, 3.05) is 13.7 Å². The molecular weight excluding hydrogens is 486 g/mol. The summed E-state index contributed by atoms with van der Waals surface area (Å²) in [7, 11) is 1.50. The summed E-state index contributed by atoms with van der Waals surface area (Å²) in [6, 6.07) is 4.09. The maximum absolute atomic E-state index is 12.4. The molecule has 4 rings (SSSR count). The number of fused-ring (bicyclic) bond motifs is 1. The molecule has 2 aromatic rings. The Morgan fingerprint density at radius 3 is 2.76 bits per heavy atom. The second-order valence-corrected chi connectivity index (χ2v) is 11.8. The lowest BCUT2D eigenvalue weighted by molar-refractivity contribution is -0.131. The number of amides is 1. The average Bonchev–Trinajstić information content (AvgIpc) is 3.39. The Morgan fingerprint density at radius 2 is 2.16 bits per heavy atom. The van der Waals surface area contributed by atoms with Gasteiger partial charge >= 0.3 is 0 Å². The monoisotopic (exact) mass is 527 g/mol. The average molecular weight is 528 g/mol. The van der Waals surface area contributed by atoms with Crippen molar-refractivity contribution in [3.8, 4) is 16.3 Å². The van der Waals surface area contributed by atoms with Crippen molar-refractivity contribution < 1.29 is 19.4 Å². The molecule has 2 heterocycles. The van der Waals surface area contributed by atoms with Crippen molar-refractivity contribution in [2.45, 2.75) is 89.2 Å². The van der Waals surface area contributed by atoms with Crippen molar-refractivity contribution in [3.05, 3.63) is 47.5 Å². The van der Waals surface area contributed by atoms with Crippen LogP contribution in [0.15, 0.2) is 36.4 Å². The van der Waals surface area contributed by atoms with Crippen molar-refractivity contribution in [1.29, 1.82) is 0 Å². The highest BCUT2D eigenvalue weighted by Crippen LogP contribution is 2.52. The first-order chi connectivity index (χ1) is 17.7. The number of benzene rings is 1. The quantitative estimate of drug-likeness (QED) is 0.344. The second-order valence-electron chi connectivity index (χ2n) is 10.9. The van der Waals surface area contributed by atoms with Crippen molar-refractivity contribution in [3.63, 3.8) is 0 Å². The maximum atomic E-state index is 12.4. The zero-order valence-electron chi connectivity index (χ0n) is 22.5. The minimum absolute atomic E-state index is 0.0301. The first kappa shape index (κ1) is 27.8. The topological polar surface area (TPSA) is 92.7 Å². The van der Waals surface area contributed by atoms with Gasteiger partial charge in [0.25, 0.3) is 0 Å². The number of aromatic nitrogens is 1. The zero-order valence-corrected chi connectivity index (χ0v) is 23.3. The van der Waals surface area contributed by atoms with E-state index in [4.69, 9.17) is 9.47 Å². The molecule has 37 heavy (non-hydrogen) atoms. The van der Waals surface area contributed by atoms with Gasteiger partial charge in [0.15, 0.2) is 0 Å². The summed E-state index contributed by atoms with van der Waals surface area (Å²) < 4.78 is 11.9. The van der Waals surface area contributed by atoms with E-state index in [0.29, 0.717) is 18.9 Å². The molecule has 4 atom stereocenters. The summed E-state index contributed by atoms with van der Waals surface area (Å²) in [5.41, 5.74) is 3.28. The van der Waals surface area contributed by atoms with E-state index in [1.165, 1.54) is 12.7 Å². The number of rotatable bonds is 12. The first-order valence-electron chi connectivity index (χ1n) is 13.4. The minimum Gasteiger partial charge on any atom is -0.486 e. The number of thiazole rings is 1. The smallest absolute Gasteiger partial charge is 0.249 e. The summed E-state index contributed by atoms with van der Waals surface area (Å²) >= 11 is 1.63. The molecule has 1 aliphatic carbocycles. The van der Waals surface area contributed by atoms with Crippen LogP contribution < -0.4 is 15.4 Å². The molecule has 2 aliphatic rings. The van der Waals surface area contributed by atoms with Gasteiger partial charge in [-0.05, 0) is 56.6 Å². The van der Waals surface area contributed by atoms with Gasteiger partial charge in [0.1, 0.15) is 22.5 Å². The van der Waals surface area contributed by atoms with Crippen LogP contribution in [0.5, 0.6) is 5.75 Å². The standard InChI is InChI=1S/C29H41N3O4S/c1-6-8-23(32-27(34)19(4)35-5)25(33)17-31-24-16-29(9-7-10-29)36-26-21(24)14-20(13-18(2)3)15-22(26)28-30-11-12-37-28/h6,11-12,14-15,18-19,23-25,31,33H,1,7-10,13,16-17H2,2-5H3,(H,32,34)/t19-,23+,24+,25-/m1/s1. The molecule has 8 heteroatoms. The SMILES string of the molecule is C=CC[C@H](NC(=O)[C@@H](C)OC)[C@H](O)CN[C@H]1CC2(CCC2)Oc2c(-c3nccs3)cc(CC(C)C)cc21. The van der Waals surface area contributed by atoms with Crippen LogP contribution >= 0.6 is 11.3 Å². The van der Waals surface area contributed by atoms with Crippen LogP contribution in [0.25, 0.3) is 10.6 Å². The molecule has 1 amide bonds. The summed E-state index contributed by atoms with van der Waals surface area (Å²) in [5, 5.41) is 20.6. The maximum Gasteiger partial charge on any atom is 0.249 e. The Labute approximate surface area is 224 Å². The van der Waals surface area contributed by atoms with Crippen LogP contribution in [0, 0.1) is 5.92 Å². The molecule has 1 spiro atoms. The number of carbonyl (C=O) groups excluding carboxylic acids is 1. The number of aliphatic hydroxyl groups is 1. The van der Waals surface area contributed by atoms with Gasteiger partial charge in [0, 0.05) is 43.3 Å². The van der Waals surface area contributed by atoms with Gasteiger partial charge in [-0.3, -0.25) is 4.79 Å². The molecule has 0 saturated heterocycles. The van der Waals surface area contributed by atoms with E-state index >= 15 is 0 Å². The number of methoxy groups -OCH3 is 1. The van der Waals surface area contributed by atoms with Crippen molar-refractivity contribution >= 4 is 17.2 Å². The molecule has 1 fully saturated rings. The van der Waals surface area contributed by atoms with Gasteiger partial charge < -0.3 is 25.2 Å². The number of carbonyl (C=O) groups is 1. The lowest BCUT2D eigenvalue weighted by Gasteiger charge is -2.49. The van der Waals surface area contributed by atoms with Crippen molar-refractivity contribution in [2.24, 2.45) is 5.92 Å². The van der Waals surface area contributed by atoms with E-state index in [0.717, 1.165) is 54.0 Å². The van der Waals surface area contributed by atoms with Crippen LogP contribution in [0.2, 0.25) is 0 Å². The summed E-state index contributed by atoms with van der Waals surface area (Å²) in [6.07, 6.45) is 7.70.